The van der Waals surface area contributed by atoms with Crippen LogP contribution in [0.5, 0.6) is 5.75 Å². The maximum atomic E-state index is 13.7. The second kappa shape index (κ2) is 6.79. The van der Waals surface area contributed by atoms with Crippen molar-refractivity contribution in [1.29, 1.82) is 0 Å². The maximum Gasteiger partial charge on any atom is 0.411 e. The molecule has 6 heteroatoms. The third-order valence-electron chi connectivity index (χ3n) is 3.29. The minimum absolute atomic E-state index is 0.00735. The molecule has 0 unspecified atom stereocenters. The highest BCUT2D eigenvalue weighted by molar-refractivity contribution is 6.32. The van der Waals surface area contributed by atoms with E-state index in [1.165, 1.54) is 19.6 Å². The van der Waals surface area contributed by atoms with Gasteiger partial charge in [0.1, 0.15) is 11.6 Å². The van der Waals surface area contributed by atoms with Crippen LogP contribution in [0.2, 0.25) is 5.02 Å². The van der Waals surface area contributed by atoms with Gasteiger partial charge in [-0.25, -0.2) is 9.18 Å². The number of nitrogens with one attached hydrogen (secondary N) is 1. The standard InChI is InChI=1S/C14H17ClFNO3/c1-19-14(18)17-12-8-13(10(15)7-11(12)16)20-9-5-3-2-4-6-9/h7-9H,2-6H2,1H3,(H,17,18). The molecule has 1 aliphatic carbocycles. The molecule has 0 saturated heterocycles. The Bertz CT molecular complexity index is 490. The third-order valence-corrected chi connectivity index (χ3v) is 3.58. The fourth-order valence-corrected chi connectivity index (χ4v) is 2.43. The first-order valence-corrected chi connectivity index (χ1v) is 6.98. The van der Waals surface area contributed by atoms with Gasteiger partial charge in [-0.2, -0.15) is 0 Å². The molecule has 0 bridgehead atoms. The van der Waals surface area contributed by atoms with E-state index in [4.69, 9.17) is 16.3 Å². The second-order valence-corrected chi connectivity index (χ2v) is 5.16. The van der Waals surface area contributed by atoms with Gasteiger partial charge in [0.05, 0.1) is 23.9 Å². The fraction of sp³-hybridized carbons (Fsp3) is 0.500. The van der Waals surface area contributed by atoms with Crippen LogP contribution in [-0.2, 0) is 4.74 Å². The molecule has 0 heterocycles. The van der Waals surface area contributed by atoms with Gasteiger partial charge in [0.25, 0.3) is 0 Å². The molecule has 20 heavy (non-hydrogen) atoms. The van der Waals surface area contributed by atoms with Crippen molar-refractivity contribution in [1.82, 2.24) is 0 Å². The Kier molecular flexibility index (Phi) is 5.06. The zero-order chi connectivity index (χ0) is 14.5. The second-order valence-electron chi connectivity index (χ2n) is 4.76. The predicted molar refractivity (Wildman–Crippen MR) is 74.9 cm³/mol. The van der Waals surface area contributed by atoms with E-state index >= 15 is 0 Å². The van der Waals surface area contributed by atoms with Crippen LogP contribution in [0.25, 0.3) is 0 Å². The van der Waals surface area contributed by atoms with Crippen molar-refractivity contribution in [3.05, 3.63) is 23.0 Å². The Labute approximate surface area is 122 Å². The van der Waals surface area contributed by atoms with E-state index in [2.05, 4.69) is 10.1 Å². The summed E-state index contributed by atoms with van der Waals surface area (Å²) in [6.45, 7) is 0. The summed E-state index contributed by atoms with van der Waals surface area (Å²) >= 11 is 5.98. The predicted octanol–water partition coefficient (Wildman–Crippen LogP) is 4.37. The monoisotopic (exact) mass is 301 g/mol. The Morgan fingerprint density at radius 2 is 2.05 bits per heavy atom. The quantitative estimate of drug-likeness (QED) is 0.902. The number of carbonyl (C=O) groups is 1. The highest BCUT2D eigenvalue weighted by Gasteiger charge is 2.18. The first-order chi connectivity index (χ1) is 9.60. The average molecular weight is 302 g/mol. The number of methoxy groups -OCH3 is 1. The lowest BCUT2D eigenvalue weighted by Gasteiger charge is -2.23. The van der Waals surface area contributed by atoms with E-state index in [1.807, 2.05) is 0 Å². The van der Waals surface area contributed by atoms with E-state index in [9.17, 15) is 9.18 Å². The summed E-state index contributed by atoms with van der Waals surface area (Å²) in [6.07, 6.45) is 4.74. The summed E-state index contributed by atoms with van der Waals surface area (Å²) < 4.78 is 23.9. The van der Waals surface area contributed by atoms with Crippen LogP contribution in [0.15, 0.2) is 12.1 Å². The normalized spacial score (nSPS) is 15.8. The number of amides is 1. The smallest absolute Gasteiger partial charge is 0.411 e. The van der Waals surface area contributed by atoms with Gasteiger partial charge >= 0.3 is 6.09 Å². The average Bonchev–Trinajstić information content (AvgIpc) is 2.45. The summed E-state index contributed by atoms with van der Waals surface area (Å²) in [5.41, 5.74) is -0.00735. The van der Waals surface area contributed by atoms with Crippen LogP contribution in [0.3, 0.4) is 0 Å². The largest absolute Gasteiger partial charge is 0.489 e. The van der Waals surface area contributed by atoms with Crippen molar-refractivity contribution in [3.8, 4) is 5.75 Å². The van der Waals surface area contributed by atoms with Gasteiger partial charge in [0, 0.05) is 6.07 Å². The van der Waals surface area contributed by atoms with Crippen LogP contribution in [-0.4, -0.2) is 19.3 Å². The Balaban J connectivity index is 2.14. The minimum Gasteiger partial charge on any atom is -0.489 e. The lowest BCUT2D eigenvalue weighted by Crippen LogP contribution is -2.20. The van der Waals surface area contributed by atoms with Crippen molar-refractivity contribution in [2.24, 2.45) is 0 Å². The molecule has 2 rings (SSSR count). The van der Waals surface area contributed by atoms with Crippen molar-refractivity contribution >= 4 is 23.4 Å². The number of ether oxygens (including phenoxy) is 2. The summed E-state index contributed by atoms with van der Waals surface area (Å²) in [5, 5.41) is 2.49. The molecule has 0 radical (unpaired) electrons. The number of anilines is 1. The molecular formula is C14H17ClFNO3. The number of hydrogen-bond donors (Lipinski definition) is 1. The Morgan fingerprint density at radius 1 is 1.35 bits per heavy atom. The van der Waals surface area contributed by atoms with E-state index in [0.717, 1.165) is 31.7 Å². The van der Waals surface area contributed by atoms with Gasteiger partial charge in [0.2, 0.25) is 0 Å². The molecule has 1 fully saturated rings. The molecule has 1 saturated carbocycles. The summed E-state index contributed by atoms with van der Waals surface area (Å²) in [7, 11) is 1.21. The maximum absolute atomic E-state index is 13.7. The Morgan fingerprint density at radius 3 is 2.70 bits per heavy atom. The number of halogens is 2. The number of hydrogen-bond acceptors (Lipinski definition) is 3. The van der Waals surface area contributed by atoms with Crippen LogP contribution in [0, 0.1) is 5.82 Å². The molecule has 110 valence electrons. The fourth-order valence-electron chi connectivity index (χ4n) is 2.24. The lowest BCUT2D eigenvalue weighted by atomic mass is 9.98. The molecule has 0 atom stereocenters. The molecule has 1 aliphatic rings. The third kappa shape index (κ3) is 3.76. The first kappa shape index (κ1) is 14.9. The zero-order valence-corrected chi connectivity index (χ0v) is 12.0. The van der Waals surface area contributed by atoms with Crippen molar-refractivity contribution in [2.45, 2.75) is 38.2 Å². The minimum atomic E-state index is -0.741. The van der Waals surface area contributed by atoms with Crippen LogP contribution in [0.1, 0.15) is 32.1 Å². The summed E-state index contributed by atoms with van der Waals surface area (Å²) in [4.78, 5) is 11.1. The summed E-state index contributed by atoms with van der Waals surface area (Å²) in [6, 6.07) is 2.52. The van der Waals surface area contributed by atoms with Crippen molar-refractivity contribution in [3.63, 3.8) is 0 Å². The van der Waals surface area contributed by atoms with Gasteiger partial charge in [-0.15, -0.1) is 0 Å². The highest BCUT2D eigenvalue weighted by Crippen LogP contribution is 2.33. The molecule has 1 aromatic carbocycles. The van der Waals surface area contributed by atoms with Gasteiger partial charge in [-0.3, -0.25) is 5.32 Å². The molecule has 1 N–H and O–H groups in total. The molecule has 1 amide bonds. The van der Waals surface area contributed by atoms with Crippen molar-refractivity contribution < 1.29 is 18.7 Å². The van der Waals surface area contributed by atoms with E-state index in [-0.39, 0.29) is 16.8 Å². The topological polar surface area (TPSA) is 47.6 Å². The van der Waals surface area contributed by atoms with Crippen molar-refractivity contribution in [2.75, 3.05) is 12.4 Å². The van der Waals surface area contributed by atoms with E-state index < -0.39 is 11.9 Å². The highest BCUT2D eigenvalue weighted by atomic mass is 35.5. The SMILES string of the molecule is COC(=O)Nc1cc(OC2CCCCC2)c(Cl)cc1F. The zero-order valence-electron chi connectivity index (χ0n) is 11.2. The number of rotatable bonds is 3. The Hall–Kier alpha value is -1.49. The van der Waals surface area contributed by atoms with Crippen LogP contribution < -0.4 is 10.1 Å². The first-order valence-electron chi connectivity index (χ1n) is 6.61. The van der Waals surface area contributed by atoms with Gasteiger partial charge < -0.3 is 9.47 Å². The van der Waals surface area contributed by atoms with Gasteiger partial charge in [-0.1, -0.05) is 18.0 Å². The molecule has 1 aromatic rings. The van der Waals surface area contributed by atoms with E-state index in [0.29, 0.717) is 5.75 Å². The summed E-state index contributed by atoms with van der Waals surface area (Å²) in [5.74, 6) is -0.247. The van der Waals surface area contributed by atoms with Gasteiger partial charge in [-0.05, 0) is 31.7 Å². The van der Waals surface area contributed by atoms with E-state index in [1.54, 1.807) is 0 Å². The van der Waals surface area contributed by atoms with Gasteiger partial charge in [0.15, 0.2) is 0 Å². The molecule has 4 nitrogen and oxygen atoms in total. The molecular weight excluding hydrogens is 285 g/mol. The number of carbonyl (C=O) groups excluding carboxylic acids is 1. The number of benzene rings is 1. The van der Waals surface area contributed by atoms with Crippen LogP contribution in [0.4, 0.5) is 14.9 Å². The lowest BCUT2D eigenvalue weighted by molar-refractivity contribution is 0.155. The molecule has 0 aliphatic heterocycles. The molecule has 0 aromatic heterocycles. The van der Waals surface area contributed by atoms with Crippen LogP contribution >= 0.6 is 11.6 Å². The molecule has 0 spiro atoms.